The predicted molar refractivity (Wildman–Crippen MR) is 92.2 cm³/mol. The van der Waals surface area contributed by atoms with Crippen LogP contribution in [0.3, 0.4) is 0 Å². The molecule has 2 aromatic rings. The minimum Gasteiger partial charge on any atom is -0.379 e. The van der Waals surface area contributed by atoms with Crippen LogP contribution < -0.4 is 0 Å². The lowest BCUT2D eigenvalue weighted by Gasteiger charge is -2.30. The molecule has 23 heavy (non-hydrogen) atoms. The lowest BCUT2D eigenvalue weighted by atomic mass is 9.90. The normalized spacial score (nSPS) is 16.9. The quantitative estimate of drug-likeness (QED) is 0.784. The summed E-state index contributed by atoms with van der Waals surface area (Å²) in [6.45, 7) is 3.93. The zero-order valence-corrected chi connectivity index (χ0v) is 13.7. The molecule has 0 unspecified atom stereocenters. The van der Waals surface area contributed by atoms with Crippen molar-refractivity contribution in [1.29, 1.82) is 0 Å². The van der Waals surface area contributed by atoms with Gasteiger partial charge in [0.1, 0.15) is 0 Å². The summed E-state index contributed by atoms with van der Waals surface area (Å²) in [7, 11) is 0. The second-order valence-electron chi connectivity index (χ2n) is 5.75. The average Bonchev–Trinajstić information content (AvgIpc) is 2.61. The number of carbonyl (C=O) groups is 1. The van der Waals surface area contributed by atoms with Gasteiger partial charge in [-0.2, -0.15) is 0 Å². The predicted octanol–water partition coefficient (Wildman–Crippen LogP) is 3.64. The van der Waals surface area contributed by atoms with E-state index in [1.807, 2.05) is 30.3 Å². The number of ketones is 1. The second kappa shape index (κ2) is 7.73. The van der Waals surface area contributed by atoms with Crippen molar-refractivity contribution in [2.24, 2.45) is 0 Å². The molecule has 1 saturated heterocycles. The van der Waals surface area contributed by atoms with Crippen molar-refractivity contribution >= 4 is 17.4 Å². The van der Waals surface area contributed by atoms with Crippen molar-refractivity contribution < 1.29 is 9.53 Å². The van der Waals surface area contributed by atoms with E-state index in [2.05, 4.69) is 4.90 Å². The number of benzene rings is 2. The molecule has 2 aromatic carbocycles. The van der Waals surface area contributed by atoms with E-state index in [-0.39, 0.29) is 11.7 Å². The fraction of sp³-hybridized carbons (Fsp3) is 0.316. The van der Waals surface area contributed by atoms with Gasteiger partial charge in [0, 0.05) is 30.2 Å². The molecular weight excluding hydrogens is 310 g/mol. The Bertz CT molecular complexity index is 636. The molecule has 0 spiro atoms. The topological polar surface area (TPSA) is 29.5 Å². The van der Waals surface area contributed by atoms with E-state index >= 15 is 0 Å². The molecule has 0 N–H and O–H groups in total. The fourth-order valence-electron chi connectivity index (χ4n) is 2.88. The highest BCUT2D eigenvalue weighted by Crippen LogP contribution is 2.23. The molecule has 1 heterocycles. The van der Waals surface area contributed by atoms with Gasteiger partial charge in [-0.05, 0) is 29.8 Å². The van der Waals surface area contributed by atoms with Crippen LogP contribution in [-0.4, -0.2) is 43.5 Å². The summed E-state index contributed by atoms with van der Waals surface area (Å²) in [5.74, 6) is -0.0326. The Hall–Kier alpha value is -1.68. The number of nitrogens with zero attached hydrogens (tertiary/aromatic N) is 1. The van der Waals surface area contributed by atoms with Gasteiger partial charge in [0.2, 0.25) is 0 Å². The van der Waals surface area contributed by atoms with E-state index < -0.39 is 0 Å². The summed E-state index contributed by atoms with van der Waals surface area (Å²) in [6.07, 6.45) is 0. The van der Waals surface area contributed by atoms with Crippen molar-refractivity contribution in [3.63, 3.8) is 0 Å². The van der Waals surface area contributed by atoms with Crippen molar-refractivity contribution in [3.05, 3.63) is 70.7 Å². The highest BCUT2D eigenvalue weighted by Gasteiger charge is 2.25. The summed E-state index contributed by atoms with van der Waals surface area (Å²) in [5, 5.41) is 0.644. The molecular formula is C19H20ClNO2. The summed E-state index contributed by atoms with van der Waals surface area (Å²) >= 11 is 5.94. The Morgan fingerprint density at radius 3 is 2.35 bits per heavy atom. The Kier molecular flexibility index (Phi) is 5.44. The number of morpholine rings is 1. The highest BCUT2D eigenvalue weighted by atomic mass is 35.5. The van der Waals surface area contributed by atoms with E-state index in [4.69, 9.17) is 16.3 Å². The molecule has 0 aliphatic carbocycles. The first-order valence-electron chi connectivity index (χ1n) is 7.89. The van der Waals surface area contributed by atoms with Crippen LogP contribution in [0.25, 0.3) is 0 Å². The van der Waals surface area contributed by atoms with Gasteiger partial charge in [0.15, 0.2) is 5.78 Å². The maximum absolute atomic E-state index is 13.0. The van der Waals surface area contributed by atoms with Crippen molar-refractivity contribution in [2.45, 2.75) is 5.92 Å². The molecule has 0 bridgehead atoms. The van der Waals surface area contributed by atoms with Crippen LogP contribution >= 0.6 is 11.6 Å². The van der Waals surface area contributed by atoms with Crippen LogP contribution in [0.2, 0.25) is 5.02 Å². The molecule has 3 rings (SSSR count). The molecule has 3 nitrogen and oxygen atoms in total. The first kappa shape index (κ1) is 16.2. The van der Waals surface area contributed by atoms with E-state index in [1.165, 1.54) is 0 Å². The number of rotatable bonds is 5. The molecule has 1 aliphatic heterocycles. The fourth-order valence-corrected chi connectivity index (χ4v) is 3.01. The van der Waals surface area contributed by atoms with E-state index in [0.717, 1.165) is 38.4 Å². The van der Waals surface area contributed by atoms with Crippen molar-refractivity contribution in [2.75, 3.05) is 32.8 Å². The van der Waals surface area contributed by atoms with Crippen LogP contribution in [0.4, 0.5) is 0 Å². The summed E-state index contributed by atoms with van der Waals surface area (Å²) < 4.78 is 5.40. The number of Topliss-reactive ketones (excluding diaryl/α,β-unsaturated/α-hetero) is 1. The third kappa shape index (κ3) is 4.20. The third-order valence-electron chi connectivity index (χ3n) is 4.19. The second-order valence-corrected chi connectivity index (χ2v) is 6.18. The highest BCUT2D eigenvalue weighted by molar-refractivity contribution is 6.30. The Morgan fingerprint density at radius 1 is 1.04 bits per heavy atom. The first-order chi connectivity index (χ1) is 11.2. The summed E-state index contributed by atoms with van der Waals surface area (Å²) in [6, 6.07) is 17.1. The average molecular weight is 330 g/mol. The minimum absolute atomic E-state index is 0.138. The molecule has 1 aliphatic rings. The molecule has 1 atom stereocenters. The molecule has 0 radical (unpaired) electrons. The standard InChI is InChI=1S/C19H20ClNO2/c20-17-8-6-16(7-9-17)19(22)18(15-4-2-1-3-5-15)14-21-10-12-23-13-11-21/h1-9,18H,10-14H2/t18-/m0/s1. The maximum Gasteiger partial charge on any atom is 0.171 e. The molecule has 0 amide bonds. The largest absolute Gasteiger partial charge is 0.379 e. The molecule has 1 fully saturated rings. The smallest absolute Gasteiger partial charge is 0.171 e. The van der Waals surface area contributed by atoms with Gasteiger partial charge in [-0.1, -0.05) is 41.9 Å². The minimum atomic E-state index is -0.171. The van der Waals surface area contributed by atoms with E-state index in [0.29, 0.717) is 10.6 Å². The number of hydrogen-bond acceptors (Lipinski definition) is 3. The lowest BCUT2D eigenvalue weighted by Crippen LogP contribution is -2.40. The first-order valence-corrected chi connectivity index (χ1v) is 8.26. The Labute approximate surface area is 141 Å². The third-order valence-corrected chi connectivity index (χ3v) is 4.44. The Balaban J connectivity index is 1.84. The number of ether oxygens (including phenoxy) is 1. The summed E-state index contributed by atoms with van der Waals surface area (Å²) in [4.78, 5) is 15.3. The maximum atomic E-state index is 13.0. The van der Waals surface area contributed by atoms with Crippen molar-refractivity contribution in [3.8, 4) is 0 Å². The number of halogens is 1. The van der Waals surface area contributed by atoms with Gasteiger partial charge < -0.3 is 4.74 Å². The van der Waals surface area contributed by atoms with Gasteiger partial charge in [-0.3, -0.25) is 9.69 Å². The number of carbonyl (C=O) groups excluding carboxylic acids is 1. The summed E-state index contributed by atoms with van der Waals surface area (Å²) in [5.41, 5.74) is 1.76. The molecule has 0 saturated carbocycles. The zero-order chi connectivity index (χ0) is 16.1. The van der Waals surface area contributed by atoms with E-state index in [9.17, 15) is 4.79 Å². The van der Waals surface area contributed by atoms with Crippen LogP contribution in [0, 0.1) is 0 Å². The van der Waals surface area contributed by atoms with Crippen LogP contribution in [0.15, 0.2) is 54.6 Å². The zero-order valence-electron chi connectivity index (χ0n) is 13.0. The van der Waals surface area contributed by atoms with Crippen LogP contribution in [-0.2, 0) is 4.74 Å². The Morgan fingerprint density at radius 2 is 1.70 bits per heavy atom. The monoisotopic (exact) mass is 329 g/mol. The molecule has 120 valence electrons. The van der Waals surface area contributed by atoms with Gasteiger partial charge >= 0.3 is 0 Å². The molecule has 4 heteroatoms. The SMILES string of the molecule is O=C(c1ccc(Cl)cc1)[C@@H](CN1CCOCC1)c1ccccc1. The number of hydrogen-bond donors (Lipinski definition) is 0. The van der Waals surface area contributed by atoms with Gasteiger partial charge in [-0.15, -0.1) is 0 Å². The van der Waals surface area contributed by atoms with Gasteiger partial charge in [-0.25, -0.2) is 0 Å². The van der Waals surface area contributed by atoms with Gasteiger partial charge in [0.25, 0.3) is 0 Å². The van der Waals surface area contributed by atoms with Crippen molar-refractivity contribution in [1.82, 2.24) is 4.90 Å². The van der Waals surface area contributed by atoms with E-state index in [1.54, 1.807) is 24.3 Å². The molecule has 0 aromatic heterocycles. The van der Waals surface area contributed by atoms with Gasteiger partial charge in [0.05, 0.1) is 19.1 Å². The lowest BCUT2D eigenvalue weighted by molar-refractivity contribution is 0.0345. The van der Waals surface area contributed by atoms with Crippen LogP contribution in [0.1, 0.15) is 21.8 Å². The van der Waals surface area contributed by atoms with Crippen LogP contribution in [0.5, 0.6) is 0 Å².